The average Bonchev–Trinajstić information content (AvgIpc) is 2.96. The van der Waals surface area contributed by atoms with Gasteiger partial charge in [0, 0.05) is 61.7 Å². The summed E-state index contributed by atoms with van der Waals surface area (Å²) in [7, 11) is 8.81. The molecule has 0 N–H and O–H groups in total. The van der Waals surface area contributed by atoms with Gasteiger partial charge in [0.15, 0.2) is 0 Å². The average molecular weight is 656 g/mol. The molecule has 2 aliphatic heterocycles. The van der Waals surface area contributed by atoms with Crippen LogP contribution in [0.25, 0.3) is 21.5 Å². The molecule has 38 heavy (non-hydrogen) atoms. The van der Waals surface area contributed by atoms with E-state index >= 15 is 0 Å². The van der Waals surface area contributed by atoms with Crippen molar-refractivity contribution in [2.24, 2.45) is 0 Å². The molecule has 0 unspecified atom stereocenters. The summed E-state index contributed by atoms with van der Waals surface area (Å²) < 4.78 is 0. The summed E-state index contributed by atoms with van der Waals surface area (Å²) in [6, 6.07) is 36.5. The van der Waals surface area contributed by atoms with Crippen LogP contribution in [-0.4, -0.2) is 28.2 Å². The molecule has 2 aliphatic rings. The Balaban J connectivity index is 0.00000129. The predicted octanol–water partition coefficient (Wildman–Crippen LogP) is 7.81. The van der Waals surface area contributed by atoms with E-state index in [1.807, 2.05) is 0 Å². The van der Waals surface area contributed by atoms with Crippen molar-refractivity contribution in [1.82, 2.24) is 0 Å². The Kier molecular flexibility index (Phi) is 6.60. The maximum absolute atomic E-state index is 3.50. The van der Waals surface area contributed by atoms with Gasteiger partial charge in [-0.1, -0.05) is 48.5 Å². The first-order valence-corrected chi connectivity index (χ1v) is 16.2. The molecule has 0 aromatic heterocycles. The van der Waals surface area contributed by atoms with Crippen LogP contribution < -0.4 is 19.6 Å². The van der Waals surface area contributed by atoms with Gasteiger partial charge in [-0.3, -0.25) is 0 Å². The van der Waals surface area contributed by atoms with Gasteiger partial charge in [-0.15, -0.1) is 11.1 Å². The Morgan fingerprint density at radius 3 is 1.18 bits per heavy atom. The molecule has 194 valence electrons. The van der Waals surface area contributed by atoms with E-state index in [0.717, 1.165) is 0 Å². The van der Waals surface area contributed by atoms with Crippen molar-refractivity contribution in [1.29, 1.82) is 0 Å². The zero-order valence-corrected chi connectivity index (χ0v) is 24.9. The Morgan fingerprint density at radius 1 is 0.553 bits per heavy atom. The molecule has 7 rings (SSSR count). The van der Waals surface area contributed by atoms with E-state index < -0.39 is 0 Å². The Labute approximate surface area is 242 Å². The molecule has 0 radical (unpaired) electrons. The van der Waals surface area contributed by atoms with E-state index in [9.17, 15) is 0 Å². The van der Waals surface area contributed by atoms with Crippen LogP contribution in [0, 0.1) is 6.07 Å². The quantitative estimate of drug-likeness (QED) is 0.142. The Bertz CT molecular complexity index is 1450. The molecular formula is C32H29BrN4Pd. The molecule has 5 aromatic rings. The molecule has 0 atom stereocenters. The third kappa shape index (κ3) is 3.73. The number of hydrogen-bond acceptors (Lipinski definition) is 4. The van der Waals surface area contributed by atoms with Crippen molar-refractivity contribution in [2.45, 2.75) is 12.3 Å². The standard InChI is InChI=1S/C32H29N4.BrH.Pd/c1-33-25-16-6-10-21-11-7-17-26(29(21)25)34(2)31(33)23-14-5-15-24(20-23)32-35(3)27-18-8-12-22-13-9-19-28(30(22)27)36(32)4;;/h6-20,31-32H,1-4H3;1H;/q-1;;+2/p-1. The fourth-order valence-corrected chi connectivity index (χ4v) is 6.53. The van der Waals surface area contributed by atoms with Gasteiger partial charge in [0.2, 0.25) is 0 Å². The van der Waals surface area contributed by atoms with Crippen LogP contribution >= 0.6 is 13.4 Å². The number of rotatable bonds is 2. The molecule has 0 bridgehead atoms. The van der Waals surface area contributed by atoms with Gasteiger partial charge in [-0.25, -0.2) is 0 Å². The van der Waals surface area contributed by atoms with Crippen LogP contribution in [0.3, 0.4) is 0 Å². The van der Waals surface area contributed by atoms with E-state index in [2.05, 4.69) is 175 Å². The summed E-state index contributed by atoms with van der Waals surface area (Å²) in [4.78, 5) is 9.58. The molecule has 0 saturated carbocycles. The second kappa shape index (κ2) is 9.93. The SMILES string of the molecule is CN1c2cccc3cccc(c23)N(C)C1c1c[c-]cc(C2N(C)c3cccc4cccc(c34)N2C)c1.[Br][Pd+]. The van der Waals surface area contributed by atoms with Gasteiger partial charge < -0.3 is 19.6 Å². The summed E-state index contributed by atoms with van der Waals surface area (Å²) in [5, 5.41) is 5.19. The topological polar surface area (TPSA) is 13.0 Å². The van der Waals surface area contributed by atoms with Crippen LogP contribution in [0.5, 0.6) is 0 Å². The zero-order chi connectivity index (χ0) is 26.6. The van der Waals surface area contributed by atoms with Crippen molar-refractivity contribution in [3.05, 3.63) is 108 Å². The fraction of sp³-hybridized carbons (Fsp3) is 0.188. The monoisotopic (exact) mass is 654 g/mol. The molecule has 2 heterocycles. The van der Waals surface area contributed by atoms with E-state index in [4.69, 9.17) is 0 Å². The first kappa shape index (κ1) is 25.3. The summed E-state index contributed by atoms with van der Waals surface area (Å²) in [5.74, 6) is 0. The summed E-state index contributed by atoms with van der Waals surface area (Å²) in [5.41, 5.74) is 7.55. The Hall–Kier alpha value is -3.04. The molecule has 6 heteroatoms. The second-order valence-electron chi connectivity index (χ2n) is 10.1. The van der Waals surface area contributed by atoms with Crippen molar-refractivity contribution in [3.8, 4) is 0 Å². The van der Waals surface area contributed by atoms with Crippen LogP contribution in [0.2, 0.25) is 0 Å². The first-order valence-electron chi connectivity index (χ1n) is 12.6. The fourth-order valence-electron chi connectivity index (χ4n) is 6.53. The molecule has 0 spiro atoms. The molecule has 0 saturated heterocycles. The second-order valence-corrected chi connectivity index (χ2v) is 10.1. The van der Waals surface area contributed by atoms with Gasteiger partial charge >= 0.3 is 30.6 Å². The van der Waals surface area contributed by atoms with Crippen molar-refractivity contribution < 1.29 is 17.2 Å². The van der Waals surface area contributed by atoms with E-state index in [0.29, 0.717) is 0 Å². The van der Waals surface area contributed by atoms with Crippen molar-refractivity contribution >= 4 is 57.7 Å². The number of benzene rings is 5. The third-order valence-electron chi connectivity index (χ3n) is 8.14. The van der Waals surface area contributed by atoms with Crippen LogP contribution in [0.1, 0.15) is 23.5 Å². The van der Waals surface area contributed by atoms with Gasteiger partial charge in [0.05, 0.1) is 12.3 Å². The summed E-state index contributed by atoms with van der Waals surface area (Å²) in [6.07, 6.45) is 0.160. The van der Waals surface area contributed by atoms with Crippen LogP contribution in [0.4, 0.5) is 22.7 Å². The first-order chi connectivity index (χ1) is 18.5. The summed E-state index contributed by atoms with van der Waals surface area (Å²) in [6.45, 7) is 0. The van der Waals surface area contributed by atoms with Crippen LogP contribution in [-0.2, 0) is 17.2 Å². The third-order valence-corrected chi connectivity index (χ3v) is 8.14. The molecular weight excluding hydrogens is 627 g/mol. The molecule has 0 fully saturated rings. The van der Waals surface area contributed by atoms with Gasteiger partial charge in [0.1, 0.15) is 0 Å². The normalized spacial score (nSPS) is 15.2. The predicted molar refractivity (Wildman–Crippen MR) is 161 cm³/mol. The maximum atomic E-state index is 3.50. The van der Waals surface area contributed by atoms with Crippen LogP contribution in [0.15, 0.2) is 91.0 Å². The molecule has 0 amide bonds. The number of hydrogen-bond donors (Lipinski definition) is 0. The number of nitrogens with zero attached hydrogens (tertiary/aromatic N) is 4. The molecule has 4 nitrogen and oxygen atoms in total. The van der Waals surface area contributed by atoms with Gasteiger partial charge in [-0.05, 0) is 35.0 Å². The Morgan fingerprint density at radius 2 is 0.868 bits per heavy atom. The number of halogens is 1. The van der Waals surface area contributed by atoms with Crippen molar-refractivity contribution in [2.75, 3.05) is 47.8 Å². The summed E-state index contributed by atoms with van der Waals surface area (Å²) >= 11 is 5.35. The minimum atomic E-state index is 0.0802. The van der Waals surface area contributed by atoms with E-state index in [1.165, 1.54) is 55.4 Å². The molecule has 0 aliphatic carbocycles. The zero-order valence-electron chi connectivity index (χ0n) is 21.8. The van der Waals surface area contributed by atoms with E-state index in [1.54, 1.807) is 0 Å². The van der Waals surface area contributed by atoms with E-state index in [-0.39, 0.29) is 12.3 Å². The van der Waals surface area contributed by atoms with Crippen molar-refractivity contribution in [3.63, 3.8) is 0 Å². The van der Waals surface area contributed by atoms with Gasteiger partial charge in [-0.2, -0.15) is 24.3 Å². The van der Waals surface area contributed by atoms with Gasteiger partial charge in [0.25, 0.3) is 0 Å². The molecule has 5 aromatic carbocycles. The minimum absolute atomic E-state index is 0.0802. The number of anilines is 4.